The van der Waals surface area contributed by atoms with Gasteiger partial charge in [0, 0.05) is 38.7 Å². The number of hydrogen-bond donors (Lipinski definition) is 2. The van der Waals surface area contributed by atoms with Crippen molar-refractivity contribution >= 4 is 29.9 Å². The number of nitrogens with zero attached hydrogens (tertiary/aromatic N) is 2. The van der Waals surface area contributed by atoms with Crippen molar-refractivity contribution in [3.8, 4) is 5.75 Å². The van der Waals surface area contributed by atoms with Gasteiger partial charge in [0.2, 0.25) is 0 Å². The molecule has 2 saturated heterocycles. The Labute approximate surface area is 192 Å². The van der Waals surface area contributed by atoms with E-state index in [4.69, 9.17) is 9.47 Å². The molecule has 2 fully saturated rings. The number of likely N-dealkylation sites (tertiary alicyclic amines) is 1. The van der Waals surface area contributed by atoms with Crippen LogP contribution in [-0.2, 0) is 11.3 Å². The summed E-state index contributed by atoms with van der Waals surface area (Å²) < 4.78 is 11.6. The van der Waals surface area contributed by atoms with E-state index < -0.39 is 0 Å². The van der Waals surface area contributed by atoms with Crippen LogP contribution in [0.25, 0.3) is 0 Å². The molecule has 2 aliphatic rings. The zero-order valence-corrected chi connectivity index (χ0v) is 20.2. The lowest BCUT2D eigenvalue weighted by Gasteiger charge is -2.21. The zero-order valence-electron chi connectivity index (χ0n) is 17.9. The minimum absolute atomic E-state index is 0. The van der Waals surface area contributed by atoms with Gasteiger partial charge in [-0.2, -0.15) is 0 Å². The van der Waals surface area contributed by atoms with Crippen LogP contribution in [0, 0.1) is 6.92 Å². The van der Waals surface area contributed by atoms with Crippen molar-refractivity contribution in [1.82, 2.24) is 15.5 Å². The van der Waals surface area contributed by atoms with Crippen LogP contribution in [0.3, 0.4) is 0 Å². The van der Waals surface area contributed by atoms with Gasteiger partial charge in [-0.1, -0.05) is 25.0 Å². The molecule has 2 N–H and O–H groups in total. The van der Waals surface area contributed by atoms with E-state index in [1.807, 2.05) is 7.05 Å². The largest absolute Gasteiger partial charge is 0.488 e. The number of guanidine groups is 1. The summed E-state index contributed by atoms with van der Waals surface area (Å²) >= 11 is 0. The van der Waals surface area contributed by atoms with Crippen molar-refractivity contribution in [2.75, 3.05) is 46.4 Å². The molecule has 0 aromatic heterocycles. The molecule has 1 atom stereocenters. The van der Waals surface area contributed by atoms with E-state index >= 15 is 0 Å². The molecule has 1 unspecified atom stereocenters. The van der Waals surface area contributed by atoms with Gasteiger partial charge in [-0.05, 0) is 44.5 Å². The second kappa shape index (κ2) is 13.3. The molecule has 0 spiro atoms. The predicted octanol–water partition coefficient (Wildman–Crippen LogP) is 3.32. The van der Waals surface area contributed by atoms with Crippen LogP contribution in [0.2, 0.25) is 0 Å². The van der Waals surface area contributed by atoms with E-state index in [2.05, 4.69) is 45.6 Å². The highest BCUT2D eigenvalue weighted by atomic mass is 127. The first-order chi connectivity index (χ1) is 13.7. The topological polar surface area (TPSA) is 58.1 Å². The summed E-state index contributed by atoms with van der Waals surface area (Å²) in [5, 5.41) is 6.88. The second-order valence-corrected chi connectivity index (χ2v) is 7.82. The fourth-order valence-electron chi connectivity index (χ4n) is 3.79. The van der Waals surface area contributed by atoms with Crippen molar-refractivity contribution in [2.24, 2.45) is 4.99 Å². The Kier molecular flexibility index (Phi) is 11.1. The Morgan fingerprint density at radius 3 is 2.69 bits per heavy atom. The lowest BCUT2D eigenvalue weighted by Crippen LogP contribution is -2.41. The fraction of sp³-hybridized carbons (Fsp3) is 0.682. The molecule has 2 heterocycles. The van der Waals surface area contributed by atoms with Gasteiger partial charge in [0.25, 0.3) is 0 Å². The maximum atomic E-state index is 6.19. The van der Waals surface area contributed by atoms with Crippen LogP contribution in [0.4, 0.5) is 0 Å². The molecule has 0 amide bonds. The summed E-state index contributed by atoms with van der Waals surface area (Å²) in [6, 6.07) is 6.38. The average molecular weight is 516 g/mol. The van der Waals surface area contributed by atoms with Crippen LogP contribution in [-0.4, -0.2) is 63.4 Å². The maximum absolute atomic E-state index is 6.19. The molecule has 0 saturated carbocycles. The van der Waals surface area contributed by atoms with Gasteiger partial charge < -0.3 is 25.0 Å². The number of aliphatic imine (C=N–C) groups is 1. The molecule has 6 nitrogen and oxygen atoms in total. The van der Waals surface area contributed by atoms with E-state index in [1.54, 1.807) is 0 Å². The summed E-state index contributed by atoms with van der Waals surface area (Å²) in [7, 11) is 1.82. The number of benzene rings is 1. The second-order valence-electron chi connectivity index (χ2n) is 7.82. The first-order valence-electron chi connectivity index (χ1n) is 10.8. The minimum Gasteiger partial charge on any atom is -0.488 e. The molecule has 3 rings (SSSR count). The summed E-state index contributed by atoms with van der Waals surface area (Å²) in [5.41, 5.74) is 2.35. The van der Waals surface area contributed by atoms with Crippen molar-refractivity contribution in [3.63, 3.8) is 0 Å². The third-order valence-electron chi connectivity index (χ3n) is 5.49. The Morgan fingerprint density at radius 2 is 2.00 bits per heavy atom. The molecular formula is C22H37IN4O2. The molecule has 0 aliphatic carbocycles. The molecule has 164 valence electrons. The van der Waals surface area contributed by atoms with Crippen LogP contribution in [0.15, 0.2) is 23.2 Å². The molecule has 29 heavy (non-hydrogen) atoms. The highest BCUT2D eigenvalue weighted by Crippen LogP contribution is 2.23. The number of aryl methyl sites for hydroxylation is 1. The van der Waals surface area contributed by atoms with E-state index in [0.29, 0.717) is 13.2 Å². The molecule has 1 aromatic carbocycles. The van der Waals surface area contributed by atoms with Gasteiger partial charge in [0.1, 0.15) is 11.9 Å². The maximum Gasteiger partial charge on any atom is 0.191 e. The number of halogens is 1. The predicted molar refractivity (Wildman–Crippen MR) is 130 cm³/mol. The Bertz CT molecular complexity index is 627. The van der Waals surface area contributed by atoms with Crippen LogP contribution in [0.1, 0.15) is 43.2 Å². The highest BCUT2D eigenvalue weighted by molar-refractivity contribution is 14.0. The Hall–Kier alpha value is -1.06. The van der Waals surface area contributed by atoms with Crippen LogP contribution in [0.5, 0.6) is 5.75 Å². The van der Waals surface area contributed by atoms with Gasteiger partial charge in [0.05, 0.1) is 13.2 Å². The van der Waals surface area contributed by atoms with Crippen molar-refractivity contribution in [2.45, 2.75) is 51.7 Å². The highest BCUT2D eigenvalue weighted by Gasteiger charge is 2.19. The molecule has 0 bridgehead atoms. The first kappa shape index (κ1) is 24.2. The lowest BCUT2D eigenvalue weighted by molar-refractivity contribution is 0.140. The Balaban J connectivity index is 0.00000300. The molecular weight excluding hydrogens is 479 g/mol. The van der Waals surface area contributed by atoms with Crippen molar-refractivity contribution in [3.05, 3.63) is 29.3 Å². The monoisotopic (exact) mass is 516 g/mol. The van der Waals surface area contributed by atoms with Gasteiger partial charge in [-0.25, -0.2) is 0 Å². The van der Waals surface area contributed by atoms with Crippen molar-refractivity contribution < 1.29 is 9.47 Å². The zero-order chi connectivity index (χ0) is 19.6. The van der Waals surface area contributed by atoms with E-state index in [-0.39, 0.29) is 30.1 Å². The quantitative estimate of drug-likeness (QED) is 0.331. The van der Waals surface area contributed by atoms with Gasteiger partial charge in [0.15, 0.2) is 5.96 Å². The van der Waals surface area contributed by atoms with Crippen LogP contribution < -0.4 is 15.4 Å². The SMILES string of the molecule is CN=C(NCCN1CCCCCC1)NCc1ccc(C)cc1OC1CCOC1.I. The standard InChI is InChI=1S/C22H36N4O2.HI/c1-18-7-8-19(21(15-18)28-20-9-14-27-17-20)16-25-22(23-2)24-10-13-26-11-5-3-4-6-12-26;/h7-8,15,20H,3-6,9-14,16-17H2,1-2H3,(H2,23,24,25);1H. The fourth-order valence-corrected chi connectivity index (χ4v) is 3.79. The Morgan fingerprint density at radius 1 is 1.21 bits per heavy atom. The van der Waals surface area contributed by atoms with Gasteiger partial charge in [-0.15, -0.1) is 24.0 Å². The average Bonchev–Trinajstić information content (AvgIpc) is 3.07. The summed E-state index contributed by atoms with van der Waals surface area (Å²) in [4.78, 5) is 6.93. The first-order valence-corrected chi connectivity index (χ1v) is 10.8. The van der Waals surface area contributed by atoms with Gasteiger partial charge in [-0.3, -0.25) is 4.99 Å². The van der Waals surface area contributed by atoms with E-state index in [0.717, 1.165) is 43.4 Å². The minimum atomic E-state index is 0. The number of rotatable bonds is 7. The molecule has 0 radical (unpaired) electrons. The molecule has 7 heteroatoms. The molecule has 1 aromatic rings. The third-order valence-corrected chi connectivity index (χ3v) is 5.49. The lowest BCUT2D eigenvalue weighted by atomic mass is 10.1. The number of hydrogen-bond acceptors (Lipinski definition) is 4. The number of ether oxygens (including phenoxy) is 2. The molecule has 2 aliphatic heterocycles. The summed E-state index contributed by atoms with van der Waals surface area (Å²) in [5.74, 6) is 1.79. The van der Waals surface area contributed by atoms with E-state index in [1.165, 1.54) is 44.3 Å². The smallest absolute Gasteiger partial charge is 0.191 e. The van der Waals surface area contributed by atoms with E-state index in [9.17, 15) is 0 Å². The van der Waals surface area contributed by atoms with Crippen LogP contribution >= 0.6 is 24.0 Å². The van der Waals surface area contributed by atoms with Gasteiger partial charge >= 0.3 is 0 Å². The normalized spacial score (nSPS) is 20.6. The third kappa shape index (κ3) is 8.30. The summed E-state index contributed by atoms with van der Waals surface area (Å²) in [6.45, 7) is 8.69. The number of nitrogens with one attached hydrogen (secondary N) is 2. The van der Waals surface area contributed by atoms with Crippen molar-refractivity contribution in [1.29, 1.82) is 0 Å². The summed E-state index contributed by atoms with van der Waals surface area (Å²) in [6.07, 6.45) is 6.53.